The first kappa shape index (κ1) is 34.6. The highest BCUT2D eigenvalue weighted by Crippen LogP contribution is 2.14. The van der Waals surface area contributed by atoms with Crippen molar-refractivity contribution in [3.8, 4) is 11.8 Å². The Kier molecular flexibility index (Phi) is 13.3. The van der Waals surface area contributed by atoms with Crippen LogP contribution in [0.3, 0.4) is 0 Å². The maximum atomic E-state index is 12.6. The van der Waals surface area contributed by atoms with Gasteiger partial charge in [0, 0.05) is 32.7 Å². The molecule has 13 nitrogen and oxygen atoms in total. The van der Waals surface area contributed by atoms with Crippen molar-refractivity contribution in [3.63, 3.8) is 0 Å². The molecule has 40 heavy (non-hydrogen) atoms. The number of esters is 2. The molecule has 1 aromatic heterocycles. The molecule has 1 rings (SSSR count). The van der Waals surface area contributed by atoms with Crippen molar-refractivity contribution in [2.45, 2.75) is 103 Å². The van der Waals surface area contributed by atoms with Crippen LogP contribution in [0.5, 0.6) is 0 Å². The molecule has 13 heteroatoms. The van der Waals surface area contributed by atoms with Gasteiger partial charge in [0.15, 0.2) is 0 Å². The molecule has 5 N–H and O–H groups in total. The fourth-order valence-electron chi connectivity index (χ4n) is 3.29. The SMILES string of the molecule is CO[C@H](CO)[C@H](O)CCn1cc(C#CCCC(=O)NC(CC(=O)OC(C)(C)C)C(=O)OC(C)(C)C)c(N)nc1=O. The standard InChI is InChI=1S/C27H42N4O9/c1-26(2,3)39-22(35)14-18(24(36)40-27(4,5)6)29-21(34)11-9-8-10-17-15-31(25(37)30-23(17)28)13-12-19(33)20(16-32)38-7/h15,18-20,32-33H,9,11-14,16H2,1-7H3,(H,29,34)(H2,28,30,37)/t18?,19-,20-/m1/s1. The first-order valence-electron chi connectivity index (χ1n) is 12.9. The topological polar surface area (TPSA) is 192 Å². The molecular weight excluding hydrogens is 524 g/mol. The summed E-state index contributed by atoms with van der Waals surface area (Å²) in [6, 6.07) is -1.24. The van der Waals surface area contributed by atoms with Crippen LogP contribution in [0.4, 0.5) is 5.82 Å². The van der Waals surface area contributed by atoms with Gasteiger partial charge in [0.2, 0.25) is 5.91 Å². The second-order valence-corrected chi connectivity index (χ2v) is 11.1. The van der Waals surface area contributed by atoms with Crippen molar-refractivity contribution < 1.29 is 38.8 Å². The molecule has 0 bridgehead atoms. The van der Waals surface area contributed by atoms with Crippen molar-refractivity contribution >= 4 is 23.7 Å². The van der Waals surface area contributed by atoms with Gasteiger partial charge in [-0.25, -0.2) is 9.59 Å². The van der Waals surface area contributed by atoms with E-state index in [0.29, 0.717) is 0 Å². The number of nitrogens with two attached hydrogens (primary N) is 1. The third-order valence-corrected chi connectivity index (χ3v) is 5.12. The molecule has 0 aliphatic rings. The van der Waals surface area contributed by atoms with Crippen LogP contribution >= 0.6 is 0 Å². The predicted molar refractivity (Wildman–Crippen MR) is 146 cm³/mol. The number of rotatable bonds is 12. The van der Waals surface area contributed by atoms with Crippen molar-refractivity contribution in [2.24, 2.45) is 0 Å². The molecule has 0 fully saturated rings. The molecule has 0 spiro atoms. The Hall–Kier alpha value is -3.47. The van der Waals surface area contributed by atoms with Gasteiger partial charge in [-0.3, -0.25) is 14.2 Å². The maximum Gasteiger partial charge on any atom is 0.349 e. The van der Waals surface area contributed by atoms with Crippen LogP contribution in [-0.4, -0.2) is 80.8 Å². The molecule has 224 valence electrons. The van der Waals surface area contributed by atoms with E-state index in [9.17, 15) is 29.4 Å². The summed E-state index contributed by atoms with van der Waals surface area (Å²) in [4.78, 5) is 53.4. The first-order valence-corrected chi connectivity index (χ1v) is 12.9. The van der Waals surface area contributed by atoms with Crippen LogP contribution in [0.15, 0.2) is 11.0 Å². The molecule has 0 aliphatic heterocycles. The van der Waals surface area contributed by atoms with Gasteiger partial charge in [0.05, 0.1) is 24.7 Å². The van der Waals surface area contributed by atoms with Gasteiger partial charge in [-0.2, -0.15) is 4.98 Å². The highest BCUT2D eigenvalue weighted by atomic mass is 16.6. The number of ether oxygens (including phenoxy) is 3. The normalized spacial score (nSPS) is 13.8. The lowest BCUT2D eigenvalue weighted by Crippen LogP contribution is -2.46. The van der Waals surface area contributed by atoms with Crippen LogP contribution in [0, 0.1) is 11.8 Å². The Balaban J connectivity index is 2.86. The summed E-state index contributed by atoms with van der Waals surface area (Å²) in [6.07, 6.45) is -0.716. The second-order valence-electron chi connectivity index (χ2n) is 11.1. The number of amides is 1. The van der Waals surface area contributed by atoms with Crippen molar-refractivity contribution in [1.82, 2.24) is 14.9 Å². The number of nitrogens with one attached hydrogen (secondary N) is 1. The number of aliphatic hydroxyl groups excluding tert-OH is 2. The predicted octanol–water partition coefficient (Wildman–Crippen LogP) is 0.274. The number of carbonyl (C=O) groups is 3. The molecule has 0 saturated carbocycles. The molecule has 0 aliphatic carbocycles. The maximum absolute atomic E-state index is 12.6. The number of hydrogen-bond donors (Lipinski definition) is 4. The minimum absolute atomic E-state index is 0.0720. The number of aryl methyl sites for hydroxylation is 1. The quantitative estimate of drug-likeness (QED) is 0.200. The van der Waals surface area contributed by atoms with E-state index in [1.165, 1.54) is 17.9 Å². The minimum Gasteiger partial charge on any atom is -0.460 e. The van der Waals surface area contributed by atoms with E-state index in [2.05, 4.69) is 22.1 Å². The minimum atomic E-state index is -1.24. The van der Waals surface area contributed by atoms with E-state index < -0.39 is 59.4 Å². The number of nitrogen functional groups attached to an aromatic ring is 1. The monoisotopic (exact) mass is 566 g/mol. The summed E-state index contributed by atoms with van der Waals surface area (Å²) >= 11 is 0. The van der Waals surface area contributed by atoms with Gasteiger partial charge in [-0.15, -0.1) is 0 Å². The highest BCUT2D eigenvalue weighted by molar-refractivity contribution is 5.88. The molecular formula is C27H42N4O9. The third kappa shape index (κ3) is 13.1. The van der Waals surface area contributed by atoms with Crippen molar-refractivity contribution in [2.75, 3.05) is 19.5 Å². The van der Waals surface area contributed by atoms with Gasteiger partial charge in [-0.1, -0.05) is 11.8 Å². The van der Waals surface area contributed by atoms with Gasteiger partial charge in [0.25, 0.3) is 0 Å². The summed E-state index contributed by atoms with van der Waals surface area (Å²) in [7, 11) is 1.35. The summed E-state index contributed by atoms with van der Waals surface area (Å²) in [5.74, 6) is 3.49. The number of hydrogen-bond acceptors (Lipinski definition) is 11. The zero-order valence-corrected chi connectivity index (χ0v) is 24.3. The zero-order chi connectivity index (χ0) is 30.7. The molecule has 0 aromatic carbocycles. The number of aliphatic hydroxyl groups is 2. The molecule has 1 unspecified atom stereocenters. The van der Waals surface area contributed by atoms with Crippen LogP contribution < -0.4 is 16.7 Å². The Labute approximate surface area is 234 Å². The summed E-state index contributed by atoms with van der Waals surface area (Å²) in [5, 5.41) is 21.8. The van der Waals surface area contributed by atoms with Crippen LogP contribution in [0.2, 0.25) is 0 Å². The largest absolute Gasteiger partial charge is 0.460 e. The van der Waals surface area contributed by atoms with E-state index in [1.54, 1.807) is 41.5 Å². The van der Waals surface area contributed by atoms with Crippen LogP contribution in [-0.2, 0) is 35.1 Å². The third-order valence-electron chi connectivity index (χ3n) is 5.12. The lowest BCUT2D eigenvalue weighted by Gasteiger charge is -2.25. The Morgan fingerprint density at radius 2 is 1.77 bits per heavy atom. The highest BCUT2D eigenvalue weighted by Gasteiger charge is 2.30. The molecule has 1 aromatic rings. The molecule has 1 amide bonds. The van der Waals surface area contributed by atoms with E-state index in [0.717, 1.165) is 0 Å². The second kappa shape index (κ2) is 15.4. The van der Waals surface area contributed by atoms with Crippen molar-refractivity contribution in [1.29, 1.82) is 0 Å². The number of anilines is 1. The van der Waals surface area contributed by atoms with Gasteiger partial charge in [-0.05, 0) is 48.0 Å². The van der Waals surface area contributed by atoms with E-state index in [-0.39, 0.29) is 43.8 Å². The zero-order valence-electron chi connectivity index (χ0n) is 24.3. The smallest absolute Gasteiger partial charge is 0.349 e. The molecule has 1 heterocycles. The summed E-state index contributed by atoms with van der Waals surface area (Å²) in [5.41, 5.74) is 3.84. The van der Waals surface area contributed by atoms with Gasteiger partial charge >= 0.3 is 17.6 Å². The average molecular weight is 567 g/mol. The summed E-state index contributed by atoms with van der Waals surface area (Å²) < 4.78 is 16.8. The number of carbonyl (C=O) groups excluding carboxylic acids is 3. The Morgan fingerprint density at radius 3 is 2.33 bits per heavy atom. The van der Waals surface area contributed by atoms with Gasteiger partial charge < -0.3 is 35.5 Å². The molecule has 0 saturated heterocycles. The average Bonchev–Trinajstić information content (AvgIpc) is 2.80. The number of nitrogens with zero attached hydrogens (tertiary/aromatic N) is 2. The van der Waals surface area contributed by atoms with E-state index in [1.807, 2.05) is 0 Å². The molecule has 0 radical (unpaired) electrons. The first-order chi connectivity index (χ1) is 18.5. The Morgan fingerprint density at radius 1 is 1.15 bits per heavy atom. The fourth-order valence-corrected chi connectivity index (χ4v) is 3.29. The Bertz CT molecular complexity index is 1140. The lowest BCUT2D eigenvalue weighted by molar-refractivity contribution is -0.165. The number of aromatic nitrogens is 2. The lowest BCUT2D eigenvalue weighted by atomic mass is 10.1. The van der Waals surface area contributed by atoms with Crippen LogP contribution in [0.25, 0.3) is 0 Å². The van der Waals surface area contributed by atoms with Crippen molar-refractivity contribution in [3.05, 3.63) is 22.2 Å². The number of methoxy groups -OCH3 is 1. The fraction of sp³-hybridized carbons (Fsp3) is 0.667. The van der Waals surface area contributed by atoms with Crippen LogP contribution in [0.1, 0.15) is 72.8 Å². The van der Waals surface area contributed by atoms with E-state index in [4.69, 9.17) is 19.9 Å². The summed E-state index contributed by atoms with van der Waals surface area (Å²) in [6.45, 7) is 9.78. The van der Waals surface area contributed by atoms with E-state index >= 15 is 0 Å². The molecule has 3 atom stereocenters. The van der Waals surface area contributed by atoms with Gasteiger partial charge in [0.1, 0.15) is 29.2 Å².